The summed E-state index contributed by atoms with van der Waals surface area (Å²) in [5, 5.41) is 5.78. The van der Waals surface area contributed by atoms with E-state index in [0.29, 0.717) is 41.6 Å². The molecule has 0 saturated carbocycles. The molecule has 0 unspecified atom stereocenters. The van der Waals surface area contributed by atoms with Crippen LogP contribution >= 0.6 is 0 Å². The van der Waals surface area contributed by atoms with E-state index in [2.05, 4.69) is 15.5 Å². The van der Waals surface area contributed by atoms with Crippen LogP contribution in [0.1, 0.15) is 28.4 Å². The van der Waals surface area contributed by atoms with Crippen LogP contribution < -0.4 is 24.8 Å². The standard InChI is InChI=1S/C28H31N3O5/c1-4-36-22-11-9-21(10-12-22)29-28(33)23-7-5-6-8-24(23)30-27(32)18-31-14-13-19-15-25(34-2)26(35-3)16-20(19)17-31/h5-12,15-16H,4,13-14,17-18H2,1-3H3,(H,29,33)(H,30,32). The first-order valence-corrected chi connectivity index (χ1v) is 11.9. The Labute approximate surface area is 211 Å². The zero-order valence-electron chi connectivity index (χ0n) is 20.8. The van der Waals surface area contributed by atoms with E-state index in [1.165, 1.54) is 5.56 Å². The van der Waals surface area contributed by atoms with Crippen LogP contribution in [0.3, 0.4) is 0 Å². The number of hydrogen-bond donors (Lipinski definition) is 2. The minimum Gasteiger partial charge on any atom is -0.494 e. The van der Waals surface area contributed by atoms with Gasteiger partial charge in [0, 0.05) is 18.8 Å². The Morgan fingerprint density at radius 1 is 0.917 bits per heavy atom. The van der Waals surface area contributed by atoms with E-state index in [0.717, 1.165) is 24.3 Å². The van der Waals surface area contributed by atoms with Crippen LogP contribution in [0.4, 0.5) is 11.4 Å². The van der Waals surface area contributed by atoms with Crippen molar-refractivity contribution >= 4 is 23.2 Å². The van der Waals surface area contributed by atoms with E-state index in [4.69, 9.17) is 14.2 Å². The number of benzene rings is 3. The Balaban J connectivity index is 1.39. The molecule has 0 aliphatic carbocycles. The molecule has 8 heteroatoms. The molecule has 8 nitrogen and oxygen atoms in total. The summed E-state index contributed by atoms with van der Waals surface area (Å²) < 4.78 is 16.3. The van der Waals surface area contributed by atoms with Crippen LogP contribution in [-0.2, 0) is 17.8 Å². The SMILES string of the molecule is CCOc1ccc(NC(=O)c2ccccc2NC(=O)CN2CCc3cc(OC)c(OC)cc3C2)cc1. The summed E-state index contributed by atoms with van der Waals surface area (Å²) >= 11 is 0. The van der Waals surface area contributed by atoms with Gasteiger partial charge in [-0.2, -0.15) is 0 Å². The maximum atomic E-state index is 12.9. The van der Waals surface area contributed by atoms with E-state index in [-0.39, 0.29) is 18.4 Å². The van der Waals surface area contributed by atoms with Gasteiger partial charge in [0.15, 0.2) is 11.5 Å². The van der Waals surface area contributed by atoms with Crippen LogP contribution in [0.2, 0.25) is 0 Å². The first-order chi connectivity index (χ1) is 17.5. The highest BCUT2D eigenvalue weighted by molar-refractivity contribution is 6.10. The topological polar surface area (TPSA) is 89.1 Å². The van der Waals surface area contributed by atoms with E-state index in [1.807, 2.05) is 19.1 Å². The predicted octanol–water partition coefficient (Wildman–Crippen LogP) is 4.35. The molecule has 0 fully saturated rings. The van der Waals surface area contributed by atoms with Crippen molar-refractivity contribution in [2.45, 2.75) is 19.9 Å². The highest BCUT2D eigenvalue weighted by Gasteiger charge is 2.22. The lowest BCUT2D eigenvalue weighted by Crippen LogP contribution is -2.37. The molecule has 1 aliphatic heterocycles. The fourth-order valence-electron chi connectivity index (χ4n) is 4.26. The summed E-state index contributed by atoms with van der Waals surface area (Å²) in [6.45, 7) is 4.08. The fourth-order valence-corrected chi connectivity index (χ4v) is 4.26. The maximum absolute atomic E-state index is 12.9. The number of carbonyl (C=O) groups is 2. The van der Waals surface area contributed by atoms with Gasteiger partial charge >= 0.3 is 0 Å². The summed E-state index contributed by atoms with van der Waals surface area (Å²) in [7, 11) is 3.24. The van der Waals surface area contributed by atoms with E-state index < -0.39 is 0 Å². The number of carbonyl (C=O) groups excluding carboxylic acids is 2. The van der Waals surface area contributed by atoms with Gasteiger partial charge in [-0.05, 0) is 73.0 Å². The monoisotopic (exact) mass is 489 g/mol. The number of nitrogens with zero attached hydrogens (tertiary/aromatic N) is 1. The van der Waals surface area contributed by atoms with Crippen molar-refractivity contribution in [3.05, 3.63) is 77.4 Å². The smallest absolute Gasteiger partial charge is 0.257 e. The average molecular weight is 490 g/mol. The van der Waals surface area contributed by atoms with Gasteiger partial charge in [-0.1, -0.05) is 12.1 Å². The van der Waals surface area contributed by atoms with Gasteiger partial charge in [-0.15, -0.1) is 0 Å². The second kappa shape index (κ2) is 11.6. The fraction of sp³-hybridized carbons (Fsp3) is 0.286. The molecule has 36 heavy (non-hydrogen) atoms. The van der Waals surface area contributed by atoms with Gasteiger partial charge in [0.25, 0.3) is 5.91 Å². The van der Waals surface area contributed by atoms with E-state index >= 15 is 0 Å². The second-order valence-electron chi connectivity index (χ2n) is 8.44. The number of methoxy groups -OCH3 is 2. The van der Waals surface area contributed by atoms with Crippen molar-refractivity contribution in [2.24, 2.45) is 0 Å². The molecule has 2 N–H and O–H groups in total. The number of anilines is 2. The number of ether oxygens (including phenoxy) is 3. The Morgan fingerprint density at radius 3 is 2.31 bits per heavy atom. The summed E-state index contributed by atoms with van der Waals surface area (Å²) in [6.07, 6.45) is 0.810. The minimum atomic E-state index is -0.303. The Hall–Kier alpha value is -4.04. The summed E-state index contributed by atoms with van der Waals surface area (Å²) in [5.74, 6) is 1.64. The molecule has 188 valence electrons. The predicted molar refractivity (Wildman–Crippen MR) is 139 cm³/mol. The molecule has 0 bridgehead atoms. The minimum absolute atomic E-state index is 0.180. The van der Waals surface area contributed by atoms with Gasteiger partial charge in [-0.3, -0.25) is 14.5 Å². The quantitative estimate of drug-likeness (QED) is 0.465. The van der Waals surface area contributed by atoms with Crippen LogP contribution in [0.5, 0.6) is 17.2 Å². The van der Waals surface area contributed by atoms with Crippen molar-refractivity contribution in [3.63, 3.8) is 0 Å². The van der Waals surface area contributed by atoms with Crippen molar-refractivity contribution in [3.8, 4) is 17.2 Å². The first-order valence-electron chi connectivity index (χ1n) is 11.9. The van der Waals surface area contributed by atoms with Gasteiger partial charge < -0.3 is 24.8 Å². The largest absolute Gasteiger partial charge is 0.494 e. The Kier molecular flexibility index (Phi) is 8.07. The molecular formula is C28H31N3O5. The molecule has 0 aromatic heterocycles. The summed E-state index contributed by atoms with van der Waals surface area (Å²) in [5.41, 5.74) is 3.81. The highest BCUT2D eigenvalue weighted by atomic mass is 16.5. The number of para-hydroxylation sites is 1. The third-order valence-corrected chi connectivity index (χ3v) is 6.03. The Morgan fingerprint density at radius 2 is 1.61 bits per heavy atom. The molecule has 2 amide bonds. The highest BCUT2D eigenvalue weighted by Crippen LogP contribution is 2.33. The zero-order chi connectivity index (χ0) is 25.5. The first kappa shape index (κ1) is 25.1. The molecule has 3 aromatic carbocycles. The maximum Gasteiger partial charge on any atom is 0.257 e. The molecule has 1 heterocycles. The van der Waals surface area contributed by atoms with Crippen molar-refractivity contribution in [1.82, 2.24) is 4.90 Å². The zero-order valence-corrected chi connectivity index (χ0v) is 20.8. The average Bonchev–Trinajstić information content (AvgIpc) is 2.89. The third-order valence-electron chi connectivity index (χ3n) is 6.03. The molecule has 3 aromatic rings. The number of hydrogen-bond acceptors (Lipinski definition) is 6. The van der Waals surface area contributed by atoms with E-state index in [1.54, 1.807) is 62.8 Å². The van der Waals surface area contributed by atoms with Crippen LogP contribution in [0.15, 0.2) is 60.7 Å². The number of amides is 2. The van der Waals surface area contributed by atoms with Gasteiger partial charge in [-0.25, -0.2) is 0 Å². The van der Waals surface area contributed by atoms with Gasteiger partial charge in [0.2, 0.25) is 5.91 Å². The lowest BCUT2D eigenvalue weighted by molar-refractivity contribution is -0.117. The number of fused-ring (bicyclic) bond motifs is 1. The molecule has 0 atom stereocenters. The van der Waals surface area contributed by atoms with Crippen molar-refractivity contribution in [2.75, 3.05) is 44.5 Å². The molecule has 0 saturated heterocycles. The van der Waals surface area contributed by atoms with Crippen LogP contribution in [0.25, 0.3) is 0 Å². The van der Waals surface area contributed by atoms with Crippen LogP contribution in [0, 0.1) is 0 Å². The number of nitrogens with one attached hydrogen (secondary N) is 2. The Bertz CT molecular complexity index is 1230. The number of rotatable bonds is 9. The second-order valence-corrected chi connectivity index (χ2v) is 8.44. The molecule has 0 radical (unpaired) electrons. The lowest BCUT2D eigenvalue weighted by Gasteiger charge is -2.29. The van der Waals surface area contributed by atoms with Gasteiger partial charge in [0.05, 0.1) is 38.6 Å². The summed E-state index contributed by atoms with van der Waals surface area (Å²) in [6, 6.07) is 18.1. The molecule has 0 spiro atoms. The van der Waals surface area contributed by atoms with E-state index in [9.17, 15) is 9.59 Å². The van der Waals surface area contributed by atoms with Gasteiger partial charge in [0.1, 0.15) is 5.75 Å². The van der Waals surface area contributed by atoms with Crippen molar-refractivity contribution < 1.29 is 23.8 Å². The van der Waals surface area contributed by atoms with Crippen LogP contribution in [-0.4, -0.2) is 50.6 Å². The summed E-state index contributed by atoms with van der Waals surface area (Å²) in [4.78, 5) is 27.9. The molecule has 4 rings (SSSR count). The molecular weight excluding hydrogens is 458 g/mol. The normalized spacial score (nSPS) is 12.9. The third kappa shape index (κ3) is 5.95. The lowest BCUT2D eigenvalue weighted by atomic mass is 9.99. The molecule has 1 aliphatic rings. The van der Waals surface area contributed by atoms with Crippen molar-refractivity contribution in [1.29, 1.82) is 0 Å².